The molecule has 1 saturated heterocycles. The first-order chi connectivity index (χ1) is 13.2. The van der Waals surface area contributed by atoms with Crippen molar-refractivity contribution in [1.29, 1.82) is 0 Å². The van der Waals surface area contributed by atoms with E-state index in [2.05, 4.69) is 31.4 Å². The standard InChI is InChI=1S/C20H25N3O5/c1-12-7-19(2,3)10-20(8-12)17(25)23(18(26)22-20)9-15(24)21-13-5-4-6-14-16(13)28-11-27-14/h4-6,12H,7-11H2,1-3H3,(H,21,24)(H,22,26)/t12-,20-/m1/s1. The summed E-state index contributed by atoms with van der Waals surface area (Å²) >= 11 is 0. The van der Waals surface area contributed by atoms with Crippen molar-refractivity contribution in [3.05, 3.63) is 18.2 Å². The molecule has 0 unspecified atom stereocenters. The summed E-state index contributed by atoms with van der Waals surface area (Å²) in [5.41, 5.74) is -0.515. The van der Waals surface area contributed by atoms with Gasteiger partial charge in [0.1, 0.15) is 12.1 Å². The van der Waals surface area contributed by atoms with Gasteiger partial charge in [0.25, 0.3) is 5.91 Å². The van der Waals surface area contributed by atoms with E-state index in [1.165, 1.54) is 0 Å². The number of benzene rings is 1. The number of carbonyl (C=O) groups is 3. The topological polar surface area (TPSA) is 97.0 Å². The summed E-state index contributed by atoms with van der Waals surface area (Å²) in [7, 11) is 0. The lowest BCUT2D eigenvalue weighted by Gasteiger charge is -2.43. The molecule has 1 aromatic rings. The molecule has 1 aromatic carbocycles. The van der Waals surface area contributed by atoms with Crippen LogP contribution in [0.2, 0.25) is 0 Å². The molecule has 2 fully saturated rings. The molecule has 150 valence electrons. The van der Waals surface area contributed by atoms with Gasteiger partial charge in [0, 0.05) is 0 Å². The van der Waals surface area contributed by atoms with Crippen molar-refractivity contribution in [2.24, 2.45) is 11.3 Å². The summed E-state index contributed by atoms with van der Waals surface area (Å²) in [6.07, 6.45) is 2.17. The van der Waals surface area contributed by atoms with Crippen molar-refractivity contribution in [2.45, 2.75) is 45.6 Å². The minimum absolute atomic E-state index is 0.0548. The highest BCUT2D eigenvalue weighted by Crippen LogP contribution is 2.46. The molecule has 0 aromatic heterocycles. The summed E-state index contributed by atoms with van der Waals surface area (Å²) in [6, 6.07) is 4.65. The highest BCUT2D eigenvalue weighted by atomic mass is 16.7. The highest BCUT2D eigenvalue weighted by Gasteiger charge is 2.56. The number of carbonyl (C=O) groups excluding carboxylic acids is 3. The number of rotatable bonds is 3. The Hall–Kier alpha value is -2.77. The third kappa shape index (κ3) is 3.16. The van der Waals surface area contributed by atoms with E-state index >= 15 is 0 Å². The van der Waals surface area contributed by atoms with Crippen molar-refractivity contribution in [2.75, 3.05) is 18.7 Å². The molecule has 2 N–H and O–H groups in total. The lowest BCUT2D eigenvalue weighted by Crippen LogP contribution is -2.54. The van der Waals surface area contributed by atoms with Gasteiger partial charge in [-0.1, -0.05) is 26.8 Å². The van der Waals surface area contributed by atoms with Crippen LogP contribution in [0.3, 0.4) is 0 Å². The number of ether oxygens (including phenoxy) is 2. The van der Waals surface area contributed by atoms with Crippen molar-refractivity contribution in [1.82, 2.24) is 10.2 Å². The molecule has 0 bridgehead atoms. The van der Waals surface area contributed by atoms with Crippen LogP contribution >= 0.6 is 0 Å². The van der Waals surface area contributed by atoms with Gasteiger partial charge in [0.15, 0.2) is 11.5 Å². The van der Waals surface area contributed by atoms with Crippen molar-refractivity contribution >= 4 is 23.5 Å². The van der Waals surface area contributed by atoms with Gasteiger partial charge in [-0.05, 0) is 42.7 Å². The Morgan fingerprint density at radius 1 is 1.29 bits per heavy atom. The van der Waals surface area contributed by atoms with Crippen LogP contribution in [0.15, 0.2) is 18.2 Å². The molecule has 4 amide bonds. The number of hydrogen-bond acceptors (Lipinski definition) is 5. The molecule has 3 aliphatic rings. The molecule has 28 heavy (non-hydrogen) atoms. The van der Waals surface area contributed by atoms with E-state index < -0.39 is 17.5 Å². The summed E-state index contributed by atoms with van der Waals surface area (Å²) in [6.45, 7) is 6.06. The molecule has 0 radical (unpaired) electrons. The van der Waals surface area contributed by atoms with Gasteiger partial charge in [0.05, 0.1) is 5.69 Å². The van der Waals surface area contributed by atoms with Crippen molar-refractivity contribution < 1.29 is 23.9 Å². The largest absolute Gasteiger partial charge is 0.454 e. The van der Waals surface area contributed by atoms with E-state index in [9.17, 15) is 14.4 Å². The second-order valence-corrected chi connectivity index (χ2v) is 8.85. The maximum atomic E-state index is 13.1. The predicted molar refractivity (Wildman–Crippen MR) is 101 cm³/mol. The van der Waals surface area contributed by atoms with E-state index in [0.717, 1.165) is 11.3 Å². The number of nitrogens with one attached hydrogen (secondary N) is 2. The van der Waals surface area contributed by atoms with Gasteiger partial charge in [-0.25, -0.2) is 4.79 Å². The van der Waals surface area contributed by atoms with Gasteiger partial charge < -0.3 is 20.1 Å². The third-order valence-electron chi connectivity index (χ3n) is 5.60. The number of nitrogens with zero attached hydrogens (tertiary/aromatic N) is 1. The maximum absolute atomic E-state index is 13.1. The van der Waals surface area contributed by atoms with Crippen LogP contribution in [-0.2, 0) is 9.59 Å². The smallest absolute Gasteiger partial charge is 0.325 e. The van der Waals surface area contributed by atoms with E-state index in [-0.39, 0.29) is 24.7 Å². The van der Waals surface area contributed by atoms with Gasteiger partial charge in [-0.3, -0.25) is 14.5 Å². The molecule has 1 saturated carbocycles. The maximum Gasteiger partial charge on any atom is 0.325 e. The summed E-state index contributed by atoms with van der Waals surface area (Å²) in [5.74, 6) is 0.529. The van der Waals surface area contributed by atoms with Crippen LogP contribution in [0, 0.1) is 11.3 Å². The lowest BCUT2D eigenvalue weighted by atomic mass is 9.64. The second-order valence-electron chi connectivity index (χ2n) is 8.85. The Morgan fingerprint density at radius 2 is 2.07 bits per heavy atom. The molecule has 2 aliphatic heterocycles. The number of hydrogen-bond donors (Lipinski definition) is 2. The summed E-state index contributed by atoms with van der Waals surface area (Å²) < 4.78 is 10.7. The quantitative estimate of drug-likeness (QED) is 0.777. The normalized spacial score (nSPS) is 27.8. The molecule has 2 heterocycles. The first-order valence-corrected chi connectivity index (χ1v) is 9.52. The fraction of sp³-hybridized carbons (Fsp3) is 0.550. The lowest BCUT2D eigenvalue weighted by molar-refractivity contribution is -0.136. The molecule has 8 nitrogen and oxygen atoms in total. The summed E-state index contributed by atoms with van der Waals surface area (Å²) in [4.78, 5) is 39.2. The average molecular weight is 387 g/mol. The van der Waals surface area contributed by atoms with Gasteiger partial charge in [-0.15, -0.1) is 0 Å². The molecular formula is C20H25N3O5. The van der Waals surface area contributed by atoms with Gasteiger partial charge >= 0.3 is 6.03 Å². The number of anilines is 1. The SMILES string of the molecule is C[C@@H]1CC(C)(C)C[C@@]2(C1)NC(=O)N(CC(=O)Nc1cccc3c1OCO3)C2=O. The Balaban J connectivity index is 1.48. The number of amides is 4. The monoisotopic (exact) mass is 387 g/mol. The second kappa shape index (κ2) is 6.39. The number of urea groups is 1. The fourth-order valence-electron chi connectivity index (χ4n) is 5.01. The first kappa shape index (κ1) is 18.6. The summed E-state index contributed by atoms with van der Waals surface area (Å²) in [5, 5.41) is 5.59. The predicted octanol–water partition coefficient (Wildman–Crippen LogP) is 2.49. The van der Waals surface area contributed by atoms with E-state index in [1.54, 1.807) is 18.2 Å². The Morgan fingerprint density at radius 3 is 2.82 bits per heavy atom. The van der Waals surface area contributed by atoms with Gasteiger partial charge in [-0.2, -0.15) is 0 Å². The van der Waals surface area contributed by atoms with Crippen LogP contribution in [0.4, 0.5) is 10.5 Å². The van der Waals surface area contributed by atoms with Crippen LogP contribution in [0.5, 0.6) is 11.5 Å². The highest BCUT2D eigenvalue weighted by molar-refractivity contribution is 6.10. The van der Waals surface area contributed by atoms with E-state index in [1.807, 2.05) is 0 Å². The minimum atomic E-state index is -0.913. The molecule has 8 heteroatoms. The Bertz CT molecular complexity index is 852. The molecule has 2 atom stereocenters. The van der Waals surface area contributed by atoms with Crippen LogP contribution < -0.4 is 20.1 Å². The number of para-hydroxylation sites is 1. The van der Waals surface area contributed by atoms with E-state index in [0.29, 0.717) is 35.9 Å². The molecular weight excluding hydrogens is 362 g/mol. The fourth-order valence-corrected chi connectivity index (χ4v) is 5.01. The van der Waals surface area contributed by atoms with Crippen LogP contribution in [-0.4, -0.2) is 41.6 Å². The first-order valence-electron chi connectivity index (χ1n) is 9.52. The number of imide groups is 1. The van der Waals surface area contributed by atoms with Gasteiger partial charge in [0.2, 0.25) is 12.7 Å². The van der Waals surface area contributed by atoms with Crippen LogP contribution in [0.25, 0.3) is 0 Å². The zero-order valence-corrected chi connectivity index (χ0v) is 16.3. The zero-order valence-electron chi connectivity index (χ0n) is 16.3. The Kier molecular flexibility index (Phi) is 4.24. The zero-order chi connectivity index (χ0) is 20.1. The third-order valence-corrected chi connectivity index (χ3v) is 5.60. The number of fused-ring (bicyclic) bond motifs is 1. The minimum Gasteiger partial charge on any atom is -0.454 e. The average Bonchev–Trinajstić information content (AvgIpc) is 3.13. The van der Waals surface area contributed by atoms with Crippen molar-refractivity contribution in [3.8, 4) is 11.5 Å². The molecule has 1 spiro atoms. The van der Waals surface area contributed by atoms with Crippen molar-refractivity contribution in [3.63, 3.8) is 0 Å². The van der Waals surface area contributed by atoms with Crippen LogP contribution in [0.1, 0.15) is 40.0 Å². The molecule has 1 aliphatic carbocycles. The Labute approximate surface area is 163 Å². The van der Waals surface area contributed by atoms with E-state index in [4.69, 9.17) is 9.47 Å². The molecule has 4 rings (SSSR count).